The topological polar surface area (TPSA) is 81.7 Å². The summed E-state index contributed by atoms with van der Waals surface area (Å²) >= 11 is 0. The molecule has 48 heavy (non-hydrogen) atoms. The summed E-state index contributed by atoms with van der Waals surface area (Å²) < 4.78 is 45.4. The van der Waals surface area contributed by atoms with Crippen molar-refractivity contribution in [1.82, 2.24) is 0 Å². The standard InChI is InChI=1S/C39H52O8Si/c1-7-48(8-2,9-3)47-37-34(42-28-41-6)32(44-36(37)35-33(27-40)45-38(4,5)46-35)25-26-43-39(29-19-13-10-14-20-29,30-21-15-11-16-22-30)31-23-17-12-18-24-31/h10-24,27,32-37H,7-9,25-26,28H2,1-6H3/t32-,33+,34+,35+,36+,37+/m1/s1. The van der Waals surface area contributed by atoms with Crippen molar-refractivity contribution in [1.29, 1.82) is 0 Å². The first-order chi connectivity index (χ1) is 23.3. The van der Waals surface area contributed by atoms with Crippen molar-refractivity contribution in [3.63, 3.8) is 0 Å². The first-order valence-electron chi connectivity index (χ1n) is 17.3. The summed E-state index contributed by atoms with van der Waals surface area (Å²) in [5, 5.41) is 0. The van der Waals surface area contributed by atoms with Crippen LogP contribution in [-0.4, -0.2) is 77.5 Å². The molecule has 0 aromatic heterocycles. The molecule has 8 nitrogen and oxygen atoms in total. The second-order valence-electron chi connectivity index (χ2n) is 13.1. The molecule has 6 atom stereocenters. The van der Waals surface area contributed by atoms with Crippen LogP contribution in [0.1, 0.15) is 57.7 Å². The lowest BCUT2D eigenvalue weighted by molar-refractivity contribution is -0.163. The van der Waals surface area contributed by atoms with Crippen LogP contribution in [0.2, 0.25) is 18.1 Å². The van der Waals surface area contributed by atoms with Gasteiger partial charge in [-0.15, -0.1) is 0 Å². The summed E-state index contributed by atoms with van der Waals surface area (Å²) in [7, 11) is -0.556. The minimum absolute atomic E-state index is 0.0729. The number of carbonyl (C=O) groups excluding carboxylic acids is 1. The molecule has 2 saturated heterocycles. The second-order valence-corrected chi connectivity index (χ2v) is 17.8. The maximum atomic E-state index is 12.3. The highest BCUT2D eigenvalue weighted by molar-refractivity contribution is 6.73. The van der Waals surface area contributed by atoms with Gasteiger partial charge < -0.3 is 37.6 Å². The van der Waals surface area contributed by atoms with E-state index in [1.165, 1.54) is 0 Å². The highest BCUT2D eigenvalue weighted by Crippen LogP contribution is 2.43. The van der Waals surface area contributed by atoms with E-state index in [9.17, 15) is 4.79 Å². The number of aldehydes is 1. The predicted molar refractivity (Wildman–Crippen MR) is 187 cm³/mol. The van der Waals surface area contributed by atoms with Gasteiger partial charge in [-0.1, -0.05) is 112 Å². The highest BCUT2D eigenvalue weighted by Gasteiger charge is 2.57. The molecule has 2 aliphatic heterocycles. The minimum Gasteiger partial charge on any atom is -0.408 e. The van der Waals surface area contributed by atoms with E-state index in [0.717, 1.165) is 41.1 Å². The first-order valence-corrected chi connectivity index (χ1v) is 19.8. The number of hydrogen-bond acceptors (Lipinski definition) is 8. The predicted octanol–water partition coefficient (Wildman–Crippen LogP) is 7.25. The number of ether oxygens (including phenoxy) is 6. The van der Waals surface area contributed by atoms with E-state index in [0.29, 0.717) is 13.0 Å². The summed E-state index contributed by atoms with van der Waals surface area (Å²) in [5.41, 5.74) is 2.21. The largest absolute Gasteiger partial charge is 0.408 e. The van der Waals surface area contributed by atoms with E-state index in [1.54, 1.807) is 7.11 Å². The average Bonchev–Trinajstić information content (AvgIpc) is 3.63. The number of carbonyl (C=O) groups is 1. The van der Waals surface area contributed by atoms with Crippen molar-refractivity contribution in [2.24, 2.45) is 0 Å². The van der Waals surface area contributed by atoms with Gasteiger partial charge in [0.1, 0.15) is 42.9 Å². The van der Waals surface area contributed by atoms with Gasteiger partial charge in [0.25, 0.3) is 0 Å². The fourth-order valence-corrected chi connectivity index (χ4v) is 10.1. The third kappa shape index (κ3) is 7.69. The molecule has 0 amide bonds. The van der Waals surface area contributed by atoms with Crippen molar-refractivity contribution in [3.05, 3.63) is 108 Å². The van der Waals surface area contributed by atoms with Crippen molar-refractivity contribution in [2.45, 2.75) is 107 Å². The maximum Gasteiger partial charge on any atom is 0.192 e. The molecule has 260 valence electrons. The van der Waals surface area contributed by atoms with Crippen molar-refractivity contribution in [3.8, 4) is 0 Å². The van der Waals surface area contributed by atoms with Crippen LogP contribution in [0, 0.1) is 0 Å². The normalized spacial score (nSPS) is 25.7. The molecule has 5 rings (SSSR count). The molecule has 0 aliphatic carbocycles. The lowest BCUT2D eigenvalue weighted by Crippen LogP contribution is -2.52. The zero-order valence-electron chi connectivity index (χ0n) is 29.2. The third-order valence-electron chi connectivity index (χ3n) is 9.93. The van der Waals surface area contributed by atoms with Crippen molar-refractivity contribution < 1.29 is 37.6 Å². The van der Waals surface area contributed by atoms with E-state index in [4.69, 9.17) is 32.8 Å². The van der Waals surface area contributed by atoms with E-state index in [-0.39, 0.29) is 6.79 Å². The van der Waals surface area contributed by atoms with Crippen molar-refractivity contribution in [2.75, 3.05) is 20.5 Å². The Morgan fingerprint density at radius 2 is 1.29 bits per heavy atom. The van der Waals surface area contributed by atoms with Crippen LogP contribution in [0.3, 0.4) is 0 Å². The molecule has 2 fully saturated rings. The molecule has 0 spiro atoms. The monoisotopic (exact) mass is 676 g/mol. The molecule has 3 aromatic carbocycles. The highest BCUT2D eigenvalue weighted by atomic mass is 28.4. The first kappa shape index (κ1) is 36.5. The smallest absolute Gasteiger partial charge is 0.192 e. The van der Waals surface area contributed by atoms with Gasteiger partial charge in [0.05, 0.1) is 12.7 Å². The van der Waals surface area contributed by atoms with E-state index in [2.05, 4.69) is 57.2 Å². The van der Waals surface area contributed by atoms with E-state index < -0.39 is 56.3 Å². The number of methoxy groups -OCH3 is 1. The molecule has 0 N–H and O–H groups in total. The van der Waals surface area contributed by atoms with Crippen LogP contribution in [-0.2, 0) is 43.2 Å². The van der Waals surface area contributed by atoms with Gasteiger partial charge in [0.15, 0.2) is 20.4 Å². The Hall–Kier alpha value is -2.73. The van der Waals surface area contributed by atoms with Crippen molar-refractivity contribution >= 4 is 14.6 Å². The van der Waals surface area contributed by atoms with Crippen LogP contribution < -0.4 is 0 Å². The molecule has 0 radical (unpaired) electrons. The average molecular weight is 677 g/mol. The van der Waals surface area contributed by atoms with Crippen LogP contribution in [0.15, 0.2) is 91.0 Å². The number of hydrogen-bond donors (Lipinski definition) is 0. The Labute approximate surface area is 287 Å². The second kappa shape index (κ2) is 16.3. The fraction of sp³-hybridized carbons (Fsp3) is 0.513. The van der Waals surface area contributed by atoms with Crippen LogP contribution >= 0.6 is 0 Å². The molecule has 9 heteroatoms. The maximum absolute atomic E-state index is 12.3. The summed E-state index contributed by atoms with van der Waals surface area (Å²) in [6.45, 7) is 10.6. The Kier molecular flexibility index (Phi) is 12.4. The number of rotatable bonds is 17. The molecule has 0 bridgehead atoms. The van der Waals surface area contributed by atoms with Gasteiger partial charge >= 0.3 is 0 Å². The van der Waals surface area contributed by atoms with Gasteiger partial charge in [0.2, 0.25) is 0 Å². The quantitative estimate of drug-likeness (QED) is 0.0640. The minimum atomic E-state index is -2.16. The lowest BCUT2D eigenvalue weighted by Gasteiger charge is -2.37. The van der Waals surface area contributed by atoms with Gasteiger partial charge in [-0.3, -0.25) is 0 Å². The molecule has 3 aromatic rings. The summed E-state index contributed by atoms with van der Waals surface area (Å²) in [4.78, 5) is 12.3. The van der Waals surface area contributed by atoms with Crippen LogP contribution in [0.5, 0.6) is 0 Å². The zero-order valence-corrected chi connectivity index (χ0v) is 30.2. The molecule has 2 aliphatic rings. The molecular weight excluding hydrogens is 625 g/mol. The zero-order chi connectivity index (χ0) is 34.2. The Bertz CT molecular complexity index is 1300. The van der Waals surface area contributed by atoms with Gasteiger partial charge in [-0.05, 0) is 55.1 Å². The lowest BCUT2D eigenvalue weighted by atomic mass is 9.80. The molecular formula is C39H52O8Si. The molecule has 2 heterocycles. The Morgan fingerprint density at radius 1 is 0.771 bits per heavy atom. The molecule has 0 unspecified atom stereocenters. The third-order valence-corrected chi connectivity index (χ3v) is 14.6. The SMILES string of the molecule is CC[Si](CC)(CC)O[C@@H]1[C@H]([C@H]2OC(C)(C)O[C@H]2C=O)O[C@H](CCOC(c2ccccc2)(c2ccccc2)c2ccccc2)[C@@H]1OCOC. The van der Waals surface area contributed by atoms with Gasteiger partial charge in [0, 0.05) is 7.11 Å². The Balaban J connectivity index is 1.50. The fourth-order valence-electron chi connectivity index (χ4n) is 7.30. The van der Waals surface area contributed by atoms with E-state index in [1.807, 2.05) is 68.4 Å². The van der Waals surface area contributed by atoms with E-state index >= 15 is 0 Å². The van der Waals surface area contributed by atoms with Crippen LogP contribution in [0.4, 0.5) is 0 Å². The summed E-state index contributed by atoms with van der Waals surface area (Å²) in [6.07, 6.45) is -2.12. The van der Waals surface area contributed by atoms with Gasteiger partial charge in [-0.2, -0.15) is 0 Å². The van der Waals surface area contributed by atoms with Gasteiger partial charge in [-0.25, -0.2) is 0 Å². The number of benzene rings is 3. The Morgan fingerprint density at radius 3 is 1.75 bits per heavy atom. The molecule has 0 saturated carbocycles. The summed E-state index contributed by atoms with van der Waals surface area (Å²) in [5.74, 6) is -0.941. The van der Waals surface area contributed by atoms with Crippen LogP contribution in [0.25, 0.3) is 0 Å². The summed E-state index contributed by atoms with van der Waals surface area (Å²) in [6, 6.07) is 33.8.